The Kier molecular flexibility index (Phi) is 5.87. The summed E-state index contributed by atoms with van der Waals surface area (Å²) in [6, 6.07) is 0. The molecule has 0 N–H and O–H groups in total. The second kappa shape index (κ2) is 7.54. The smallest absolute Gasteiger partial charge is 0.222 e. The van der Waals surface area contributed by atoms with Gasteiger partial charge in [0.15, 0.2) is 0 Å². The Balaban J connectivity index is 1.45. The highest BCUT2D eigenvalue weighted by Gasteiger charge is 2.47. The van der Waals surface area contributed by atoms with E-state index in [4.69, 9.17) is 9.47 Å². The van der Waals surface area contributed by atoms with E-state index < -0.39 is 0 Å². The van der Waals surface area contributed by atoms with E-state index in [0.29, 0.717) is 32.0 Å². The Labute approximate surface area is 147 Å². The highest BCUT2D eigenvalue weighted by Crippen LogP contribution is 2.40. The summed E-state index contributed by atoms with van der Waals surface area (Å²) in [7, 11) is 4.03. The average Bonchev–Trinajstić information content (AvgIpc) is 3.13. The topological polar surface area (TPSA) is 38.8 Å². The fourth-order valence-corrected chi connectivity index (χ4v) is 6.88. The van der Waals surface area contributed by atoms with Crippen molar-refractivity contribution in [3.63, 3.8) is 0 Å². The lowest BCUT2D eigenvalue weighted by Gasteiger charge is -2.48. The number of rotatable bonds is 5. The van der Waals surface area contributed by atoms with Gasteiger partial charge in [-0.05, 0) is 33.1 Å². The first-order valence-corrected chi connectivity index (χ1v) is 11.2. The molecule has 4 nitrogen and oxygen atoms in total. The van der Waals surface area contributed by atoms with Crippen LogP contribution in [0.1, 0.15) is 52.4 Å². The van der Waals surface area contributed by atoms with Crippen molar-refractivity contribution in [2.45, 2.75) is 68.8 Å². The molecule has 3 fully saturated rings. The molecule has 132 valence electrons. The van der Waals surface area contributed by atoms with Gasteiger partial charge >= 0.3 is 0 Å². The van der Waals surface area contributed by atoms with Crippen LogP contribution in [0.4, 0.5) is 0 Å². The van der Waals surface area contributed by atoms with E-state index in [9.17, 15) is 4.79 Å². The lowest BCUT2D eigenvalue weighted by atomic mass is 9.94. The molecule has 1 amide bonds. The lowest BCUT2D eigenvalue weighted by molar-refractivity contribution is -0.199. The van der Waals surface area contributed by atoms with E-state index >= 15 is 0 Å². The Morgan fingerprint density at radius 1 is 1.30 bits per heavy atom. The normalized spacial score (nSPS) is 33.5. The van der Waals surface area contributed by atoms with Gasteiger partial charge in [-0.2, -0.15) is 0 Å². The summed E-state index contributed by atoms with van der Waals surface area (Å²) in [5.41, 5.74) is -0.547. The van der Waals surface area contributed by atoms with Crippen LogP contribution in [0.3, 0.4) is 0 Å². The minimum absolute atomic E-state index is 0.269. The molecule has 3 aliphatic rings. The standard InChI is InChI=1S/C17H29NO3S2/c1-16(2)11-18(12-17(21-16)8-9-20-13-17)15(19)6-4-3-5-14-7-10-22-23-14/h14H,3-13H2,1-2H3/t14-,17-/m0/s1. The molecule has 23 heavy (non-hydrogen) atoms. The number of carbonyl (C=O) groups is 1. The molecule has 0 aromatic carbocycles. The molecule has 0 radical (unpaired) electrons. The highest BCUT2D eigenvalue weighted by molar-refractivity contribution is 8.77. The van der Waals surface area contributed by atoms with Crippen LogP contribution in [-0.4, -0.2) is 59.3 Å². The second-order valence-corrected chi connectivity index (χ2v) is 10.5. The molecule has 0 saturated carbocycles. The molecule has 2 atom stereocenters. The van der Waals surface area contributed by atoms with Gasteiger partial charge in [0.1, 0.15) is 5.60 Å². The molecule has 0 unspecified atom stereocenters. The Bertz CT molecular complexity index is 418. The zero-order chi connectivity index (χ0) is 16.3. The molecule has 6 heteroatoms. The van der Waals surface area contributed by atoms with E-state index in [2.05, 4.69) is 13.8 Å². The maximum atomic E-state index is 12.6. The quantitative estimate of drug-likeness (QED) is 0.555. The maximum Gasteiger partial charge on any atom is 0.222 e. The summed E-state index contributed by atoms with van der Waals surface area (Å²) in [4.78, 5) is 14.7. The van der Waals surface area contributed by atoms with Gasteiger partial charge in [-0.3, -0.25) is 4.79 Å². The first-order chi connectivity index (χ1) is 11.0. The molecule has 1 spiro atoms. The zero-order valence-corrected chi connectivity index (χ0v) is 16.0. The van der Waals surface area contributed by atoms with Crippen molar-refractivity contribution in [1.29, 1.82) is 0 Å². The van der Waals surface area contributed by atoms with Crippen LogP contribution in [0.5, 0.6) is 0 Å². The predicted octanol–water partition coefficient (Wildman–Crippen LogP) is 3.50. The van der Waals surface area contributed by atoms with Gasteiger partial charge in [0.2, 0.25) is 5.91 Å². The number of nitrogens with zero attached hydrogens (tertiary/aromatic N) is 1. The number of hydrogen-bond donors (Lipinski definition) is 0. The summed E-state index contributed by atoms with van der Waals surface area (Å²) in [6.45, 7) is 6.93. The summed E-state index contributed by atoms with van der Waals surface area (Å²) < 4.78 is 11.8. The molecule has 3 heterocycles. The monoisotopic (exact) mass is 359 g/mol. The Hall–Kier alpha value is 0.0900. The number of hydrogen-bond acceptors (Lipinski definition) is 5. The predicted molar refractivity (Wildman–Crippen MR) is 96.8 cm³/mol. The van der Waals surface area contributed by atoms with Gasteiger partial charge in [0.25, 0.3) is 0 Å². The van der Waals surface area contributed by atoms with Crippen molar-refractivity contribution in [2.24, 2.45) is 0 Å². The minimum atomic E-state index is -0.278. The van der Waals surface area contributed by atoms with E-state index in [1.807, 2.05) is 26.5 Å². The Morgan fingerprint density at radius 2 is 2.17 bits per heavy atom. The molecule has 3 aliphatic heterocycles. The van der Waals surface area contributed by atoms with Gasteiger partial charge in [-0.1, -0.05) is 28.0 Å². The van der Waals surface area contributed by atoms with E-state index in [1.165, 1.54) is 25.0 Å². The third kappa shape index (κ3) is 4.80. The lowest BCUT2D eigenvalue weighted by Crippen LogP contribution is -2.61. The van der Waals surface area contributed by atoms with Crippen molar-refractivity contribution in [2.75, 3.05) is 32.1 Å². The van der Waals surface area contributed by atoms with Crippen molar-refractivity contribution in [3.8, 4) is 0 Å². The van der Waals surface area contributed by atoms with E-state index in [1.54, 1.807) is 0 Å². The highest BCUT2D eigenvalue weighted by atomic mass is 33.1. The summed E-state index contributed by atoms with van der Waals surface area (Å²) in [6.07, 6.45) is 6.36. The fourth-order valence-electron chi connectivity index (χ4n) is 3.85. The third-order valence-corrected chi connectivity index (χ3v) is 7.86. The number of carbonyl (C=O) groups excluding carboxylic acids is 1. The summed E-state index contributed by atoms with van der Waals surface area (Å²) in [5, 5.41) is 0.816. The van der Waals surface area contributed by atoms with Crippen LogP contribution < -0.4 is 0 Å². The fraction of sp³-hybridized carbons (Fsp3) is 0.941. The maximum absolute atomic E-state index is 12.6. The SMILES string of the molecule is CC1(C)CN(C(=O)CCCC[C@H]2CCSS2)C[C@]2(CCOC2)O1. The van der Waals surface area contributed by atoms with Gasteiger partial charge in [-0.25, -0.2) is 0 Å². The van der Waals surface area contributed by atoms with Crippen LogP contribution in [0, 0.1) is 0 Å². The van der Waals surface area contributed by atoms with Crippen LogP contribution in [0.2, 0.25) is 0 Å². The second-order valence-electron chi connectivity index (χ2n) is 7.67. The van der Waals surface area contributed by atoms with Gasteiger partial charge in [-0.15, -0.1) is 0 Å². The number of unbranched alkanes of at least 4 members (excludes halogenated alkanes) is 1. The third-order valence-electron chi connectivity index (χ3n) is 4.86. The van der Waals surface area contributed by atoms with Gasteiger partial charge in [0, 0.05) is 37.0 Å². The molecular formula is C17H29NO3S2. The first-order valence-electron chi connectivity index (χ1n) is 8.82. The molecule has 0 aromatic heterocycles. The largest absolute Gasteiger partial charge is 0.378 e. The van der Waals surface area contributed by atoms with E-state index in [0.717, 1.165) is 24.7 Å². The molecular weight excluding hydrogens is 330 g/mol. The number of amides is 1. The van der Waals surface area contributed by atoms with Crippen molar-refractivity contribution in [3.05, 3.63) is 0 Å². The van der Waals surface area contributed by atoms with Crippen LogP contribution in [0.25, 0.3) is 0 Å². The van der Waals surface area contributed by atoms with Gasteiger partial charge < -0.3 is 14.4 Å². The molecule has 3 rings (SSSR count). The minimum Gasteiger partial charge on any atom is -0.378 e. The van der Waals surface area contributed by atoms with E-state index in [-0.39, 0.29) is 11.2 Å². The molecule has 3 saturated heterocycles. The van der Waals surface area contributed by atoms with Crippen molar-refractivity contribution < 1.29 is 14.3 Å². The average molecular weight is 360 g/mol. The molecule has 0 bridgehead atoms. The first kappa shape index (κ1) is 17.9. The molecule has 0 aromatic rings. The van der Waals surface area contributed by atoms with Crippen LogP contribution in [0.15, 0.2) is 0 Å². The van der Waals surface area contributed by atoms with Crippen LogP contribution in [-0.2, 0) is 14.3 Å². The summed E-state index contributed by atoms with van der Waals surface area (Å²) in [5.74, 6) is 1.59. The van der Waals surface area contributed by atoms with Gasteiger partial charge in [0.05, 0.1) is 18.8 Å². The van der Waals surface area contributed by atoms with Crippen molar-refractivity contribution in [1.82, 2.24) is 4.90 Å². The Morgan fingerprint density at radius 3 is 2.87 bits per heavy atom. The van der Waals surface area contributed by atoms with Crippen molar-refractivity contribution >= 4 is 27.5 Å². The van der Waals surface area contributed by atoms with Crippen LogP contribution >= 0.6 is 21.6 Å². The summed E-state index contributed by atoms with van der Waals surface area (Å²) >= 11 is 0. The number of ether oxygens (including phenoxy) is 2. The number of morpholine rings is 1. The molecule has 0 aliphatic carbocycles. The zero-order valence-electron chi connectivity index (χ0n) is 14.3.